The number of methoxy groups -OCH3 is 1. The number of hydrogen-bond donors (Lipinski definition) is 0. The van der Waals surface area contributed by atoms with Gasteiger partial charge < -0.3 is 14.2 Å². The summed E-state index contributed by atoms with van der Waals surface area (Å²) in [6, 6.07) is 12.2. The van der Waals surface area contributed by atoms with Crippen LogP contribution in [0.1, 0.15) is 18.4 Å². The second kappa shape index (κ2) is 8.97. The van der Waals surface area contributed by atoms with Crippen LogP contribution in [0.4, 0.5) is 10.1 Å². The highest BCUT2D eigenvalue weighted by atomic mass is 32.2. The molecule has 1 saturated heterocycles. The van der Waals surface area contributed by atoms with E-state index in [9.17, 15) is 12.8 Å². The molecule has 0 bridgehead atoms. The Morgan fingerprint density at radius 2 is 1.89 bits per heavy atom. The quantitative estimate of drug-likeness (QED) is 0.367. The van der Waals surface area contributed by atoms with E-state index in [2.05, 4.69) is 29.1 Å². The van der Waals surface area contributed by atoms with E-state index in [-0.39, 0.29) is 11.4 Å². The van der Waals surface area contributed by atoms with Crippen molar-refractivity contribution in [2.45, 2.75) is 36.7 Å². The van der Waals surface area contributed by atoms with Gasteiger partial charge >= 0.3 is 0 Å². The molecule has 0 N–H and O–H groups in total. The van der Waals surface area contributed by atoms with Crippen molar-refractivity contribution >= 4 is 26.6 Å². The summed E-state index contributed by atoms with van der Waals surface area (Å²) in [5.74, 6) is -0.280. The molecule has 0 amide bonds. The lowest BCUT2D eigenvalue weighted by Crippen LogP contribution is -2.57. The van der Waals surface area contributed by atoms with Crippen LogP contribution in [0.5, 0.6) is 0 Å². The van der Waals surface area contributed by atoms with Crippen molar-refractivity contribution < 1.29 is 17.5 Å². The molecule has 194 valence electrons. The summed E-state index contributed by atoms with van der Waals surface area (Å²) in [5.41, 5.74) is 3.58. The summed E-state index contributed by atoms with van der Waals surface area (Å²) in [6.07, 6.45) is 7.04. The molecule has 0 atom stereocenters. The number of ether oxygens (including phenoxy) is 1. The molecule has 2 aromatic heterocycles. The Morgan fingerprint density at radius 1 is 1.11 bits per heavy atom. The van der Waals surface area contributed by atoms with Crippen molar-refractivity contribution in [1.29, 1.82) is 0 Å². The van der Waals surface area contributed by atoms with Crippen LogP contribution >= 0.6 is 0 Å². The molecule has 0 unspecified atom stereocenters. The molecule has 1 aliphatic heterocycles. The molecule has 3 heterocycles. The van der Waals surface area contributed by atoms with Crippen molar-refractivity contribution in [3.63, 3.8) is 0 Å². The van der Waals surface area contributed by atoms with Gasteiger partial charge in [0, 0.05) is 56.8 Å². The fourth-order valence-electron chi connectivity index (χ4n) is 5.42. The maximum absolute atomic E-state index is 13.6. The molecule has 10 heteroatoms. The first-order valence-electron chi connectivity index (χ1n) is 12.5. The maximum atomic E-state index is 13.6. The van der Waals surface area contributed by atoms with Gasteiger partial charge in [0.2, 0.25) is 10.0 Å². The second-order valence-electron chi connectivity index (χ2n) is 10.0. The van der Waals surface area contributed by atoms with Gasteiger partial charge in [-0.1, -0.05) is 0 Å². The first-order chi connectivity index (χ1) is 17.8. The van der Waals surface area contributed by atoms with Gasteiger partial charge in [-0.3, -0.25) is 0 Å². The Balaban J connectivity index is 1.25. The topological polar surface area (TPSA) is 72.6 Å². The molecule has 2 aromatic carbocycles. The third kappa shape index (κ3) is 4.22. The molecule has 1 aliphatic carbocycles. The van der Waals surface area contributed by atoms with E-state index >= 15 is 0 Å². The average Bonchev–Trinajstić information content (AvgIpc) is 3.28. The lowest BCUT2D eigenvalue weighted by atomic mass is 10.1. The molecule has 6 rings (SSSR count). The minimum atomic E-state index is -3.59. The van der Waals surface area contributed by atoms with E-state index in [0.29, 0.717) is 37.7 Å². The number of aryl methyl sites for hydroxylation is 1. The van der Waals surface area contributed by atoms with Gasteiger partial charge in [-0.15, -0.1) is 0 Å². The van der Waals surface area contributed by atoms with Gasteiger partial charge in [0.15, 0.2) is 0 Å². The number of benzene rings is 2. The Hall–Kier alpha value is -3.21. The van der Waals surface area contributed by atoms with Crippen LogP contribution in [0.2, 0.25) is 0 Å². The van der Waals surface area contributed by atoms with E-state index in [4.69, 9.17) is 4.74 Å². The van der Waals surface area contributed by atoms with Gasteiger partial charge in [-0.25, -0.2) is 17.5 Å². The molecule has 1 saturated carbocycles. The highest BCUT2D eigenvalue weighted by Crippen LogP contribution is 2.48. The molecule has 2 aliphatic rings. The summed E-state index contributed by atoms with van der Waals surface area (Å²) < 4.78 is 51.1. The number of aromatic nitrogens is 3. The van der Waals surface area contributed by atoms with Gasteiger partial charge in [0.1, 0.15) is 5.82 Å². The number of hydrogen-bond acceptors (Lipinski definition) is 5. The van der Waals surface area contributed by atoms with Crippen LogP contribution in [0, 0.1) is 12.7 Å². The first kappa shape index (κ1) is 24.1. The van der Waals surface area contributed by atoms with Gasteiger partial charge in [0.25, 0.3) is 0 Å². The van der Waals surface area contributed by atoms with Crippen molar-refractivity contribution in [3.8, 4) is 5.69 Å². The molecule has 4 aromatic rings. The first-order valence-corrected chi connectivity index (χ1v) is 13.9. The predicted molar refractivity (Wildman–Crippen MR) is 140 cm³/mol. The van der Waals surface area contributed by atoms with Crippen LogP contribution in [-0.2, 0) is 21.3 Å². The third-order valence-corrected chi connectivity index (χ3v) is 9.56. The number of rotatable bonds is 7. The molecule has 2 fully saturated rings. The Labute approximate surface area is 215 Å². The highest BCUT2D eigenvalue weighted by molar-refractivity contribution is 7.89. The lowest BCUT2D eigenvalue weighted by Gasteiger charge is -2.42. The average molecular weight is 524 g/mol. The van der Waals surface area contributed by atoms with Crippen LogP contribution in [0.25, 0.3) is 16.6 Å². The smallest absolute Gasteiger partial charge is 0.245 e. The Kier molecular flexibility index (Phi) is 5.85. The summed E-state index contributed by atoms with van der Waals surface area (Å²) in [6.45, 7) is 4.94. The van der Waals surface area contributed by atoms with Gasteiger partial charge in [-0.05, 0) is 67.8 Å². The summed E-state index contributed by atoms with van der Waals surface area (Å²) in [4.78, 5) is 2.65. The zero-order valence-corrected chi connectivity index (χ0v) is 21.8. The van der Waals surface area contributed by atoms with Crippen LogP contribution in [0.3, 0.4) is 0 Å². The predicted octanol–water partition coefficient (Wildman–Crippen LogP) is 3.96. The normalized spacial score (nSPS) is 17.6. The molecule has 8 nitrogen and oxygen atoms in total. The number of piperazine rings is 1. The zero-order valence-electron chi connectivity index (χ0n) is 21.0. The van der Waals surface area contributed by atoms with Crippen LogP contribution < -0.4 is 4.90 Å². The minimum Gasteiger partial charge on any atom is -0.383 e. The number of fused-ring (bicyclic) bond motifs is 1. The van der Waals surface area contributed by atoms with Crippen molar-refractivity contribution in [3.05, 3.63) is 72.4 Å². The zero-order chi connectivity index (χ0) is 25.8. The van der Waals surface area contributed by atoms with Crippen LogP contribution in [0.15, 0.2) is 66.0 Å². The fraction of sp³-hybridized carbons (Fsp3) is 0.370. The standard InChI is InChI=1S/C27H30FN5O3S/c1-20-15-26-21(17-29-33(26)23-5-3-22(28)4-6-23)16-25(20)31-11-12-32(27(19-31)8-9-27)37(34,35)24-7-10-30(18-24)13-14-36-2/h3-7,10,15-18H,8-9,11-14,19H2,1-2H3. The van der Waals surface area contributed by atoms with Gasteiger partial charge in [-0.2, -0.15) is 9.40 Å². The maximum Gasteiger partial charge on any atom is 0.245 e. The summed E-state index contributed by atoms with van der Waals surface area (Å²) in [7, 11) is -1.95. The largest absolute Gasteiger partial charge is 0.383 e. The number of sulfonamides is 1. The SMILES string of the molecule is COCCn1ccc(S(=O)(=O)N2CCN(c3cc4cnn(-c5ccc(F)cc5)c4cc3C)CC23CC3)c1. The monoisotopic (exact) mass is 523 g/mol. The summed E-state index contributed by atoms with van der Waals surface area (Å²) >= 11 is 0. The molecule has 0 radical (unpaired) electrons. The van der Waals surface area contributed by atoms with Gasteiger partial charge in [0.05, 0.1) is 34.4 Å². The lowest BCUT2D eigenvalue weighted by molar-refractivity contribution is 0.187. The number of halogens is 1. The summed E-state index contributed by atoms with van der Waals surface area (Å²) in [5, 5.41) is 5.53. The van der Waals surface area contributed by atoms with E-state index in [1.54, 1.807) is 42.0 Å². The molecular formula is C27H30FN5O3S. The molecular weight excluding hydrogens is 493 g/mol. The molecule has 1 spiro atoms. The van der Waals surface area contributed by atoms with Crippen molar-refractivity contribution in [2.75, 3.05) is 38.3 Å². The Bertz CT molecular complexity index is 1560. The van der Waals surface area contributed by atoms with Crippen molar-refractivity contribution in [1.82, 2.24) is 18.7 Å². The number of nitrogens with zero attached hydrogens (tertiary/aromatic N) is 5. The highest BCUT2D eigenvalue weighted by Gasteiger charge is 2.56. The van der Waals surface area contributed by atoms with Crippen molar-refractivity contribution in [2.24, 2.45) is 0 Å². The van der Waals surface area contributed by atoms with E-state index in [0.717, 1.165) is 40.7 Å². The van der Waals surface area contributed by atoms with E-state index < -0.39 is 10.0 Å². The fourth-order valence-corrected chi connectivity index (χ4v) is 7.25. The van der Waals surface area contributed by atoms with E-state index in [1.807, 2.05) is 15.4 Å². The Morgan fingerprint density at radius 3 is 2.62 bits per heavy atom. The minimum absolute atomic E-state index is 0.280. The second-order valence-corrected chi connectivity index (χ2v) is 11.9. The number of anilines is 1. The van der Waals surface area contributed by atoms with Crippen LogP contribution in [-0.4, -0.2) is 66.0 Å². The molecule has 37 heavy (non-hydrogen) atoms. The van der Waals surface area contributed by atoms with E-state index in [1.165, 1.54) is 12.1 Å². The third-order valence-electron chi connectivity index (χ3n) is 7.58.